The number of ether oxygens (including phenoxy) is 1. The molecule has 0 spiro atoms. The summed E-state index contributed by atoms with van der Waals surface area (Å²) >= 11 is 0. The van der Waals surface area contributed by atoms with Crippen molar-refractivity contribution in [1.29, 1.82) is 5.41 Å². The van der Waals surface area contributed by atoms with E-state index in [0.29, 0.717) is 19.6 Å². The summed E-state index contributed by atoms with van der Waals surface area (Å²) in [5.41, 5.74) is 6.40. The highest BCUT2D eigenvalue weighted by atomic mass is 16.5. The highest BCUT2D eigenvalue weighted by Crippen LogP contribution is 2.17. The quantitative estimate of drug-likeness (QED) is 0.558. The maximum absolute atomic E-state index is 7.37. The Kier molecular flexibility index (Phi) is 6.38. The lowest BCUT2D eigenvalue weighted by Crippen LogP contribution is -2.32. The van der Waals surface area contributed by atoms with Gasteiger partial charge >= 0.3 is 0 Å². The molecule has 0 fully saturated rings. The molecule has 6 nitrogen and oxygen atoms in total. The fourth-order valence-electron chi connectivity index (χ4n) is 1.79. The Bertz CT molecular complexity index is 447. The number of nitrogens with one attached hydrogen (secondary N) is 1. The first kappa shape index (κ1) is 16.4. The molecule has 0 aliphatic carbocycles. The summed E-state index contributed by atoms with van der Waals surface area (Å²) in [6.07, 6.45) is 0.518. The van der Waals surface area contributed by atoms with Crippen LogP contribution in [-0.2, 0) is 4.74 Å². The zero-order chi connectivity index (χ0) is 15.1. The van der Waals surface area contributed by atoms with Crippen molar-refractivity contribution in [2.45, 2.75) is 33.1 Å². The number of hydrogen-bond acceptors (Lipinski definition) is 5. The van der Waals surface area contributed by atoms with Crippen molar-refractivity contribution in [3.05, 3.63) is 17.6 Å². The monoisotopic (exact) mass is 279 g/mol. The third-order valence-corrected chi connectivity index (χ3v) is 2.91. The summed E-state index contributed by atoms with van der Waals surface area (Å²) < 4.78 is 5.14. The molecule has 1 aromatic rings. The van der Waals surface area contributed by atoms with Gasteiger partial charge in [0.15, 0.2) is 0 Å². The van der Waals surface area contributed by atoms with Crippen LogP contribution in [0.3, 0.4) is 0 Å². The molecular weight excluding hydrogens is 254 g/mol. The molecule has 0 atom stereocenters. The van der Waals surface area contributed by atoms with Crippen molar-refractivity contribution in [3.8, 4) is 0 Å². The second-order valence-corrected chi connectivity index (χ2v) is 5.14. The molecular formula is C14H25N5O. The molecule has 3 N–H and O–H groups in total. The van der Waals surface area contributed by atoms with E-state index in [2.05, 4.69) is 28.7 Å². The largest absolute Gasteiger partial charge is 0.388 e. The zero-order valence-corrected chi connectivity index (χ0v) is 12.8. The third-order valence-electron chi connectivity index (χ3n) is 2.91. The van der Waals surface area contributed by atoms with Crippen molar-refractivity contribution >= 4 is 11.7 Å². The number of aryl methyl sites for hydroxylation is 1. The molecule has 0 aromatic carbocycles. The van der Waals surface area contributed by atoms with Gasteiger partial charge in [-0.15, -0.1) is 0 Å². The van der Waals surface area contributed by atoms with Gasteiger partial charge in [-0.25, -0.2) is 9.97 Å². The lowest BCUT2D eigenvalue weighted by molar-refractivity contribution is 0.205. The van der Waals surface area contributed by atoms with Gasteiger partial charge in [-0.05, 0) is 6.92 Å². The number of hydrogen-bond donors (Lipinski definition) is 2. The van der Waals surface area contributed by atoms with Gasteiger partial charge in [0, 0.05) is 44.3 Å². The first-order valence-electron chi connectivity index (χ1n) is 6.86. The molecule has 0 radical (unpaired) electrons. The Labute approximate surface area is 120 Å². The van der Waals surface area contributed by atoms with Gasteiger partial charge in [0.2, 0.25) is 0 Å². The van der Waals surface area contributed by atoms with E-state index >= 15 is 0 Å². The van der Waals surface area contributed by atoms with E-state index in [-0.39, 0.29) is 11.8 Å². The minimum atomic E-state index is 0.183. The Morgan fingerprint density at radius 2 is 2.10 bits per heavy atom. The summed E-state index contributed by atoms with van der Waals surface area (Å²) in [4.78, 5) is 11.2. The van der Waals surface area contributed by atoms with Crippen LogP contribution in [0, 0.1) is 12.3 Å². The zero-order valence-electron chi connectivity index (χ0n) is 12.8. The van der Waals surface area contributed by atoms with E-state index in [1.807, 2.05) is 13.0 Å². The van der Waals surface area contributed by atoms with E-state index in [1.54, 1.807) is 7.11 Å². The van der Waals surface area contributed by atoms with E-state index < -0.39 is 0 Å². The van der Waals surface area contributed by atoms with Crippen molar-refractivity contribution in [1.82, 2.24) is 9.97 Å². The highest BCUT2D eigenvalue weighted by molar-refractivity contribution is 5.77. The Hall–Kier alpha value is -1.69. The van der Waals surface area contributed by atoms with E-state index in [0.717, 1.165) is 23.9 Å². The van der Waals surface area contributed by atoms with Crippen LogP contribution in [0.1, 0.15) is 37.7 Å². The summed E-state index contributed by atoms with van der Waals surface area (Å²) in [7, 11) is 1.67. The molecule has 6 heteroatoms. The predicted molar refractivity (Wildman–Crippen MR) is 81.5 cm³/mol. The SMILES string of the molecule is COCCN(CCC(=N)N)c1cc(C)nc(C(C)C)n1. The number of methoxy groups -OCH3 is 1. The first-order valence-corrected chi connectivity index (χ1v) is 6.86. The maximum atomic E-state index is 7.37. The topological polar surface area (TPSA) is 88.1 Å². The summed E-state index contributed by atoms with van der Waals surface area (Å²) in [6, 6.07) is 1.96. The number of rotatable bonds is 8. The van der Waals surface area contributed by atoms with Crippen LogP contribution in [0.15, 0.2) is 6.07 Å². The molecule has 0 unspecified atom stereocenters. The summed E-state index contributed by atoms with van der Waals surface area (Å²) in [5.74, 6) is 2.18. The van der Waals surface area contributed by atoms with Crippen LogP contribution in [0.25, 0.3) is 0 Å². The Balaban J connectivity index is 2.95. The standard InChI is InChI=1S/C14H25N5O/c1-10(2)14-17-11(3)9-13(18-14)19(7-8-20-4)6-5-12(15)16/h9-10H,5-8H2,1-4H3,(H3,15,16). The van der Waals surface area contributed by atoms with Gasteiger partial charge in [0.25, 0.3) is 0 Å². The van der Waals surface area contributed by atoms with Gasteiger partial charge < -0.3 is 15.4 Å². The van der Waals surface area contributed by atoms with Crippen LogP contribution in [0.4, 0.5) is 5.82 Å². The minimum absolute atomic E-state index is 0.183. The lowest BCUT2D eigenvalue weighted by Gasteiger charge is -2.24. The van der Waals surface area contributed by atoms with E-state index in [1.165, 1.54) is 0 Å². The number of nitrogens with zero attached hydrogens (tertiary/aromatic N) is 3. The second-order valence-electron chi connectivity index (χ2n) is 5.14. The number of anilines is 1. The molecule has 0 aliphatic heterocycles. The molecule has 0 saturated carbocycles. The molecule has 0 amide bonds. The maximum Gasteiger partial charge on any atom is 0.133 e. The molecule has 0 aliphatic rings. The predicted octanol–water partition coefficient (Wildman–Crippen LogP) is 1.69. The fourth-order valence-corrected chi connectivity index (χ4v) is 1.79. The highest BCUT2D eigenvalue weighted by Gasteiger charge is 2.12. The first-order chi connectivity index (χ1) is 9.43. The third kappa shape index (κ3) is 5.13. The van der Waals surface area contributed by atoms with E-state index in [4.69, 9.17) is 15.9 Å². The van der Waals surface area contributed by atoms with Gasteiger partial charge in [-0.3, -0.25) is 5.41 Å². The van der Waals surface area contributed by atoms with Crippen molar-refractivity contribution in [2.75, 3.05) is 31.7 Å². The van der Waals surface area contributed by atoms with Crippen molar-refractivity contribution in [2.24, 2.45) is 5.73 Å². The van der Waals surface area contributed by atoms with Gasteiger partial charge in [-0.1, -0.05) is 13.8 Å². The number of amidine groups is 1. The van der Waals surface area contributed by atoms with Crippen LogP contribution in [-0.4, -0.2) is 42.6 Å². The van der Waals surface area contributed by atoms with Crippen LogP contribution >= 0.6 is 0 Å². The molecule has 0 bridgehead atoms. The normalized spacial score (nSPS) is 10.8. The van der Waals surface area contributed by atoms with Gasteiger partial charge in [0.05, 0.1) is 12.4 Å². The van der Waals surface area contributed by atoms with E-state index in [9.17, 15) is 0 Å². The molecule has 1 rings (SSSR count). The fraction of sp³-hybridized carbons (Fsp3) is 0.643. The number of aromatic nitrogens is 2. The van der Waals surface area contributed by atoms with Crippen LogP contribution in [0.2, 0.25) is 0 Å². The lowest BCUT2D eigenvalue weighted by atomic mass is 10.2. The number of nitrogens with two attached hydrogens (primary N) is 1. The molecule has 20 heavy (non-hydrogen) atoms. The molecule has 1 heterocycles. The van der Waals surface area contributed by atoms with Gasteiger partial charge in [-0.2, -0.15) is 0 Å². The minimum Gasteiger partial charge on any atom is -0.388 e. The van der Waals surface area contributed by atoms with Gasteiger partial charge in [0.1, 0.15) is 11.6 Å². The van der Waals surface area contributed by atoms with Crippen molar-refractivity contribution in [3.63, 3.8) is 0 Å². The molecule has 1 aromatic heterocycles. The average Bonchev–Trinajstić information content (AvgIpc) is 2.37. The van der Waals surface area contributed by atoms with Crippen LogP contribution < -0.4 is 10.6 Å². The summed E-state index contributed by atoms with van der Waals surface area (Å²) in [5, 5.41) is 7.37. The smallest absolute Gasteiger partial charge is 0.133 e. The molecule has 112 valence electrons. The second kappa shape index (κ2) is 7.79. The summed E-state index contributed by atoms with van der Waals surface area (Å²) in [6.45, 7) is 8.11. The Morgan fingerprint density at radius 3 is 2.65 bits per heavy atom. The van der Waals surface area contributed by atoms with Crippen molar-refractivity contribution < 1.29 is 4.74 Å². The van der Waals surface area contributed by atoms with Crippen LogP contribution in [0.5, 0.6) is 0 Å². The Morgan fingerprint density at radius 1 is 1.40 bits per heavy atom. The average molecular weight is 279 g/mol. The molecule has 0 saturated heterocycles.